The van der Waals surface area contributed by atoms with Crippen molar-refractivity contribution in [1.29, 1.82) is 5.26 Å². The van der Waals surface area contributed by atoms with E-state index in [1.165, 1.54) is 0 Å². The smallest absolute Gasteiger partial charge is 0.223 e. The SMILES string of the molecule is N#Cc1cccc(C2N=C3SC=CN3C2c2ccnc(NC3CCNCC3)n2)c1. The molecule has 3 aliphatic heterocycles. The molecule has 1 fully saturated rings. The molecule has 1 aromatic carbocycles. The standard InChI is InChI=1S/C21H21N7S/c22-13-14-2-1-3-15(12-14)18-19(28-10-11-29-21(28)27-18)17-6-9-24-20(26-17)25-16-4-7-23-8-5-16/h1-3,6,9-12,16,18-19,23H,4-5,7-8H2,(H,24,25,26). The number of aromatic nitrogens is 2. The van der Waals surface area contributed by atoms with Gasteiger partial charge in [0.1, 0.15) is 12.1 Å². The monoisotopic (exact) mass is 403 g/mol. The largest absolute Gasteiger partial charge is 0.351 e. The highest BCUT2D eigenvalue weighted by molar-refractivity contribution is 8.16. The number of nitrogens with zero attached hydrogens (tertiary/aromatic N) is 5. The Morgan fingerprint density at radius 3 is 3.00 bits per heavy atom. The van der Waals surface area contributed by atoms with Gasteiger partial charge in [-0.15, -0.1) is 0 Å². The third kappa shape index (κ3) is 3.59. The molecule has 5 rings (SSSR count). The fraction of sp³-hybridized carbons (Fsp3) is 0.333. The molecule has 2 aromatic rings. The average molecular weight is 404 g/mol. The van der Waals surface area contributed by atoms with E-state index in [1.807, 2.05) is 41.9 Å². The van der Waals surface area contributed by atoms with Crippen LogP contribution in [0.1, 0.15) is 41.7 Å². The van der Waals surface area contributed by atoms with Gasteiger partial charge in [0.25, 0.3) is 0 Å². The van der Waals surface area contributed by atoms with Gasteiger partial charge in [-0.3, -0.25) is 4.99 Å². The average Bonchev–Trinajstić information content (AvgIpc) is 3.36. The maximum Gasteiger partial charge on any atom is 0.223 e. The zero-order valence-electron chi connectivity index (χ0n) is 15.8. The number of nitriles is 1. The minimum Gasteiger partial charge on any atom is -0.351 e. The molecule has 0 bridgehead atoms. The van der Waals surface area contributed by atoms with Crippen molar-refractivity contribution in [2.75, 3.05) is 18.4 Å². The molecule has 3 aliphatic rings. The van der Waals surface area contributed by atoms with Crippen LogP contribution in [0.5, 0.6) is 0 Å². The molecule has 4 heterocycles. The van der Waals surface area contributed by atoms with E-state index >= 15 is 0 Å². The maximum absolute atomic E-state index is 9.30. The van der Waals surface area contributed by atoms with Crippen LogP contribution in [0, 0.1) is 11.3 Å². The summed E-state index contributed by atoms with van der Waals surface area (Å²) in [5.74, 6) is 0.670. The van der Waals surface area contributed by atoms with Gasteiger partial charge in [-0.1, -0.05) is 23.9 Å². The lowest BCUT2D eigenvalue weighted by molar-refractivity contribution is 0.392. The number of hydrogen-bond donors (Lipinski definition) is 2. The molecule has 2 unspecified atom stereocenters. The molecule has 146 valence electrons. The fourth-order valence-electron chi connectivity index (χ4n) is 4.04. The van der Waals surface area contributed by atoms with Gasteiger partial charge in [-0.2, -0.15) is 5.26 Å². The lowest BCUT2D eigenvalue weighted by atomic mass is 9.96. The molecule has 2 atom stereocenters. The number of thioether (sulfide) groups is 1. The first-order valence-corrected chi connectivity index (χ1v) is 10.7. The minimum absolute atomic E-state index is 0.0539. The summed E-state index contributed by atoms with van der Waals surface area (Å²) >= 11 is 1.62. The third-order valence-electron chi connectivity index (χ3n) is 5.47. The van der Waals surface area contributed by atoms with E-state index in [2.05, 4.69) is 32.8 Å². The van der Waals surface area contributed by atoms with E-state index in [0.29, 0.717) is 17.6 Å². The predicted octanol–water partition coefficient (Wildman–Crippen LogP) is 3.18. The summed E-state index contributed by atoms with van der Waals surface area (Å²) in [7, 11) is 0. The maximum atomic E-state index is 9.30. The van der Waals surface area contributed by atoms with Crippen molar-refractivity contribution < 1.29 is 0 Å². The van der Waals surface area contributed by atoms with Gasteiger partial charge < -0.3 is 15.5 Å². The van der Waals surface area contributed by atoms with Crippen LogP contribution in [0.4, 0.5) is 5.95 Å². The quantitative estimate of drug-likeness (QED) is 0.810. The van der Waals surface area contributed by atoms with Crippen LogP contribution in [-0.4, -0.2) is 39.2 Å². The molecular formula is C21H21N7S. The van der Waals surface area contributed by atoms with Gasteiger partial charge in [0.15, 0.2) is 5.17 Å². The van der Waals surface area contributed by atoms with Crippen molar-refractivity contribution in [2.45, 2.75) is 31.0 Å². The van der Waals surface area contributed by atoms with Gasteiger partial charge in [0.2, 0.25) is 5.95 Å². The number of fused-ring (bicyclic) bond motifs is 1. The molecule has 29 heavy (non-hydrogen) atoms. The first-order chi connectivity index (χ1) is 14.3. The Kier molecular flexibility index (Phi) is 4.92. The summed E-state index contributed by atoms with van der Waals surface area (Å²) in [6, 6.07) is 12.1. The molecule has 0 radical (unpaired) electrons. The Bertz CT molecular complexity index is 1010. The number of aliphatic imine (C=N–C) groups is 1. The van der Waals surface area contributed by atoms with E-state index in [-0.39, 0.29) is 12.1 Å². The molecule has 0 amide bonds. The van der Waals surface area contributed by atoms with Crippen molar-refractivity contribution >= 4 is 22.9 Å². The van der Waals surface area contributed by atoms with Crippen molar-refractivity contribution in [3.63, 3.8) is 0 Å². The predicted molar refractivity (Wildman–Crippen MR) is 114 cm³/mol. The molecule has 0 spiro atoms. The van der Waals surface area contributed by atoms with Crippen molar-refractivity contribution in [2.24, 2.45) is 4.99 Å². The first kappa shape index (κ1) is 18.2. The highest BCUT2D eigenvalue weighted by atomic mass is 32.2. The van der Waals surface area contributed by atoms with Gasteiger partial charge in [-0.05, 0) is 55.1 Å². The van der Waals surface area contributed by atoms with E-state index in [9.17, 15) is 5.26 Å². The lowest BCUT2D eigenvalue weighted by Gasteiger charge is -2.26. The summed E-state index contributed by atoms with van der Waals surface area (Å²) in [4.78, 5) is 16.4. The first-order valence-electron chi connectivity index (χ1n) is 9.81. The zero-order chi connectivity index (χ0) is 19.6. The van der Waals surface area contributed by atoms with E-state index in [1.54, 1.807) is 11.8 Å². The number of nitrogens with one attached hydrogen (secondary N) is 2. The number of rotatable bonds is 4. The summed E-state index contributed by atoms with van der Waals surface area (Å²) in [5, 5.41) is 19.2. The molecule has 0 aliphatic carbocycles. The Labute approximate surface area is 174 Å². The van der Waals surface area contributed by atoms with Gasteiger partial charge in [0, 0.05) is 18.4 Å². The number of benzene rings is 1. The Hall–Kier alpha value is -2.89. The summed E-state index contributed by atoms with van der Waals surface area (Å²) in [5.41, 5.74) is 2.60. The lowest BCUT2D eigenvalue weighted by Crippen LogP contribution is -2.35. The van der Waals surface area contributed by atoms with Crippen LogP contribution in [0.25, 0.3) is 0 Å². The zero-order valence-corrected chi connectivity index (χ0v) is 16.6. The van der Waals surface area contributed by atoms with Gasteiger partial charge >= 0.3 is 0 Å². The normalized spacial score (nSPS) is 23.6. The summed E-state index contributed by atoms with van der Waals surface area (Å²) in [6.45, 7) is 2.04. The van der Waals surface area contributed by atoms with Crippen LogP contribution in [0.3, 0.4) is 0 Å². The van der Waals surface area contributed by atoms with Crippen molar-refractivity contribution in [3.8, 4) is 6.07 Å². The second-order valence-electron chi connectivity index (χ2n) is 7.32. The van der Waals surface area contributed by atoms with Crippen molar-refractivity contribution in [1.82, 2.24) is 20.2 Å². The summed E-state index contributed by atoms with van der Waals surface area (Å²) < 4.78 is 0. The van der Waals surface area contributed by atoms with Crippen LogP contribution < -0.4 is 10.6 Å². The Morgan fingerprint density at radius 1 is 1.24 bits per heavy atom. The van der Waals surface area contributed by atoms with E-state index < -0.39 is 0 Å². The third-order valence-corrected chi connectivity index (χ3v) is 6.26. The van der Waals surface area contributed by atoms with Crippen LogP contribution in [0.15, 0.2) is 53.1 Å². The fourth-order valence-corrected chi connectivity index (χ4v) is 4.83. The molecule has 8 heteroatoms. The van der Waals surface area contributed by atoms with E-state index in [0.717, 1.165) is 42.4 Å². The second-order valence-corrected chi connectivity index (χ2v) is 8.20. The van der Waals surface area contributed by atoms with Gasteiger partial charge in [-0.25, -0.2) is 9.97 Å². The number of hydrogen-bond acceptors (Lipinski definition) is 8. The molecule has 0 saturated carbocycles. The highest BCUT2D eigenvalue weighted by Crippen LogP contribution is 2.46. The minimum atomic E-state index is -0.114. The molecule has 1 saturated heterocycles. The molecule has 7 nitrogen and oxygen atoms in total. The van der Waals surface area contributed by atoms with Gasteiger partial charge in [0.05, 0.1) is 17.3 Å². The topological polar surface area (TPSA) is 89.2 Å². The second kappa shape index (κ2) is 7.85. The molecule has 1 aromatic heterocycles. The Morgan fingerprint density at radius 2 is 2.14 bits per heavy atom. The Balaban J connectivity index is 1.46. The van der Waals surface area contributed by atoms with Crippen LogP contribution in [0.2, 0.25) is 0 Å². The number of anilines is 1. The summed E-state index contributed by atoms with van der Waals surface area (Å²) in [6.07, 6.45) is 6.02. The highest BCUT2D eigenvalue weighted by Gasteiger charge is 2.40. The van der Waals surface area contributed by atoms with Crippen LogP contribution in [-0.2, 0) is 0 Å². The molecular weight excluding hydrogens is 382 g/mol. The number of amidine groups is 1. The van der Waals surface area contributed by atoms with E-state index in [4.69, 9.17) is 9.98 Å². The molecule has 2 N–H and O–H groups in total. The van der Waals surface area contributed by atoms with Crippen LogP contribution >= 0.6 is 11.8 Å². The number of piperidine rings is 1. The van der Waals surface area contributed by atoms with Crippen molar-refractivity contribution in [3.05, 3.63) is 65.0 Å².